The summed E-state index contributed by atoms with van der Waals surface area (Å²) in [5.74, 6) is 0.941. The summed E-state index contributed by atoms with van der Waals surface area (Å²) < 4.78 is 5.88. The number of ether oxygens (including phenoxy) is 1. The van der Waals surface area contributed by atoms with E-state index in [2.05, 4.69) is 38.4 Å². The fourth-order valence-electron chi connectivity index (χ4n) is 2.58. The third-order valence-electron chi connectivity index (χ3n) is 3.60. The van der Waals surface area contributed by atoms with Crippen LogP contribution in [0.25, 0.3) is 11.0 Å². The molecule has 102 valence electrons. The van der Waals surface area contributed by atoms with Crippen LogP contribution in [-0.2, 0) is 4.74 Å². The standard InChI is InChI=1S/C15H15N3OS/c1-2-5-12-11(4-1)16-15(17-12)18-7-8-19-13(10-18)14-6-3-9-20-14/h1-6,9,13H,7-8,10H2,(H,16,17)/t13-/m1/s1. The molecule has 1 aliphatic heterocycles. The summed E-state index contributed by atoms with van der Waals surface area (Å²) in [6, 6.07) is 12.3. The number of aromatic nitrogens is 2. The summed E-state index contributed by atoms with van der Waals surface area (Å²) in [5, 5.41) is 2.10. The van der Waals surface area contributed by atoms with E-state index in [0.29, 0.717) is 0 Å². The molecular weight excluding hydrogens is 270 g/mol. The van der Waals surface area contributed by atoms with Gasteiger partial charge in [-0.1, -0.05) is 18.2 Å². The summed E-state index contributed by atoms with van der Waals surface area (Å²) in [4.78, 5) is 11.6. The maximum Gasteiger partial charge on any atom is 0.204 e. The number of benzene rings is 1. The molecule has 4 rings (SSSR count). The van der Waals surface area contributed by atoms with Gasteiger partial charge in [0.05, 0.1) is 24.2 Å². The Morgan fingerprint density at radius 2 is 2.20 bits per heavy atom. The minimum atomic E-state index is 0.150. The van der Waals surface area contributed by atoms with Crippen LogP contribution in [0.1, 0.15) is 11.0 Å². The number of H-pyrrole nitrogens is 1. The number of anilines is 1. The lowest BCUT2D eigenvalue weighted by atomic mass is 10.2. The van der Waals surface area contributed by atoms with Gasteiger partial charge < -0.3 is 14.6 Å². The fraction of sp³-hybridized carbons (Fsp3) is 0.267. The Morgan fingerprint density at radius 1 is 1.25 bits per heavy atom. The average Bonchev–Trinajstić information content (AvgIpc) is 3.16. The fourth-order valence-corrected chi connectivity index (χ4v) is 3.34. The van der Waals surface area contributed by atoms with E-state index in [1.54, 1.807) is 11.3 Å². The predicted molar refractivity (Wildman–Crippen MR) is 81.3 cm³/mol. The van der Waals surface area contributed by atoms with Crippen molar-refractivity contribution in [3.63, 3.8) is 0 Å². The number of nitrogens with one attached hydrogen (secondary N) is 1. The van der Waals surface area contributed by atoms with E-state index in [1.807, 2.05) is 18.2 Å². The van der Waals surface area contributed by atoms with Crippen molar-refractivity contribution in [3.05, 3.63) is 46.7 Å². The molecule has 1 aliphatic rings. The molecule has 1 aromatic carbocycles. The number of fused-ring (bicyclic) bond motifs is 1. The van der Waals surface area contributed by atoms with Gasteiger partial charge in [0.2, 0.25) is 5.95 Å². The van der Waals surface area contributed by atoms with Crippen molar-refractivity contribution in [1.29, 1.82) is 0 Å². The van der Waals surface area contributed by atoms with Gasteiger partial charge in [-0.15, -0.1) is 11.3 Å². The van der Waals surface area contributed by atoms with E-state index in [0.717, 1.165) is 36.7 Å². The average molecular weight is 285 g/mol. The maximum absolute atomic E-state index is 5.88. The van der Waals surface area contributed by atoms with E-state index in [9.17, 15) is 0 Å². The Bertz CT molecular complexity index is 674. The molecular formula is C15H15N3OS. The van der Waals surface area contributed by atoms with Gasteiger partial charge in [0.25, 0.3) is 0 Å². The van der Waals surface area contributed by atoms with Gasteiger partial charge >= 0.3 is 0 Å². The van der Waals surface area contributed by atoms with Gasteiger partial charge in [0, 0.05) is 11.4 Å². The second-order valence-electron chi connectivity index (χ2n) is 4.90. The Balaban J connectivity index is 1.61. The molecule has 1 atom stereocenters. The van der Waals surface area contributed by atoms with Crippen LogP contribution in [0.5, 0.6) is 0 Å². The summed E-state index contributed by atoms with van der Waals surface area (Å²) in [6.07, 6.45) is 0.150. The molecule has 0 spiro atoms. The van der Waals surface area contributed by atoms with Crippen LogP contribution in [0.15, 0.2) is 41.8 Å². The van der Waals surface area contributed by atoms with E-state index in [1.165, 1.54) is 4.88 Å². The molecule has 5 heteroatoms. The number of nitrogens with zero attached hydrogens (tertiary/aromatic N) is 2. The van der Waals surface area contributed by atoms with E-state index >= 15 is 0 Å². The number of morpholine rings is 1. The van der Waals surface area contributed by atoms with Crippen molar-refractivity contribution in [2.24, 2.45) is 0 Å². The number of hydrogen-bond acceptors (Lipinski definition) is 4. The summed E-state index contributed by atoms with van der Waals surface area (Å²) >= 11 is 1.75. The largest absolute Gasteiger partial charge is 0.369 e. The number of thiophene rings is 1. The minimum Gasteiger partial charge on any atom is -0.369 e. The Hall–Kier alpha value is -1.85. The molecule has 2 aromatic heterocycles. The zero-order valence-electron chi connectivity index (χ0n) is 11.0. The van der Waals surface area contributed by atoms with Crippen LogP contribution >= 0.6 is 11.3 Å². The van der Waals surface area contributed by atoms with Gasteiger partial charge in [0.1, 0.15) is 6.10 Å². The number of imidazole rings is 1. The summed E-state index contributed by atoms with van der Waals surface area (Å²) in [7, 11) is 0. The minimum absolute atomic E-state index is 0.150. The van der Waals surface area contributed by atoms with Crippen LogP contribution in [0, 0.1) is 0 Å². The first-order chi connectivity index (χ1) is 9.90. The quantitative estimate of drug-likeness (QED) is 0.786. The second kappa shape index (κ2) is 4.92. The Morgan fingerprint density at radius 3 is 3.05 bits per heavy atom. The van der Waals surface area contributed by atoms with Gasteiger partial charge in [-0.3, -0.25) is 0 Å². The van der Waals surface area contributed by atoms with Crippen molar-refractivity contribution in [1.82, 2.24) is 9.97 Å². The number of aromatic amines is 1. The van der Waals surface area contributed by atoms with Crippen molar-refractivity contribution in [2.75, 3.05) is 24.6 Å². The monoisotopic (exact) mass is 285 g/mol. The molecule has 3 heterocycles. The van der Waals surface area contributed by atoms with Gasteiger partial charge in [-0.2, -0.15) is 0 Å². The van der Waals surface area contributed by atoms with Crippen molar-refractivity contribution < 1.29 is 4.74 Å². The van der Waals surface area contributed by atoms with Gasteiger partial charge in [-0.05, 0) is 23.6 Å². The highest BCUT2D eigenvalue weighted by atomic mass is 32.1. The molecule has 0 saturated carbocycles. The van der Waals surface area contributed by atoms with Crippen molar-refractivity contribution in [3.8, 4) is 0 Å². The Labute approximate surface area is 121 Å². The van der Waals surface area contributed by atoms with E-state index in [-0.39, 0.29) is 6.10 Å². The molecule has 0 bridgehead atoms. The van der Waals surface area contributed by atoms with E-state index in [4.69, 9.17) is 4.74 Å². The van der Waals surface area contributed by atoms with Crippen LogP contribution in [0.4, 0.5) is 5.95 Å². The van der Waals surface area contributed by atoms with Gasteiger partial charge in [0.15, 0.2) is 0 Å². The highest BCUT2D eigenvalue weighted by Gasteiger charge is 2.24. The van der Waals surface area contributed by atoms with Crippen molar-refractivity contribution in [2.45, 2.75) is 6.10 Å². The molecule has 20 heavy (non-hydrogen) atoms. The third-order valence-corrected chi connectivity index (χ3v) is 4.57. The first-order valence-electron chi connectivity index (χ1n) is 6.75. The van der Waals surface area contributed by atoms with Crippen LogP contribution < -0.4 is 4.90 Å². The maximum atomic E-state index is 5.88. The molecule has 1 fully saturated rings. The van der Waals surface area contributed by atoms with Crippen LogP contribution in [0.2, 0.25) is 0 Å². The lowest BCUT2D eigenvalue weighted by Gasteiger charge is -2.32. The first-order valence-corrected chi connectivity index (χ1v) is 7.63. The summed E-state index contributed by atoms with van der Waals surface area (Å²) in [5.41, 5.74) is 2.10. The molecule has 3 aromatic rings. The molecule has 4 nitrogen and oxygen atoms in total. The lowest BCUT2D eigenvalue weighted by Crippen LogP contribution is -2.38. The molecule has 0 unspecified atom stereocenters. The second-order valence-corrected chi connectivity index (χ2v) is 5.88. The van der Waals surface area contributed by atoms with Gasteiger partial charge in [-0.25, -0.2) is 4.98 Å². The summed E-state index contributed by atoms with van der Waals surface area (Å²) in [6.45, 7) is 2.46. The lowest BCUT2D eigenvalue weighted by molar-refractivity contribution is 0.0416. The van der Waals surface area contributed by atoms with Crippen molar-refractivity contribution >= 4 is 28.3 Å². The third kappa shape index (κ3) is 2.09. The first kappa shape index (κ1) is 11.9. The van der Waals surface area contributed by atoms with Crippen LogP contribution in [-0.4, -0.2) is 29.7 Å². The highest BCUT2D eigenvalue weighted by Crippen LogP contribution is 2.28. The highest BCUT2D eigenvalue weighted by molar-refractivity contribution is 7.10. The molecule has 0 radical (unpaired) electrons. The molecule has 1 saturated heterocycles. The number of rotatable bonds is 2. The zero-order valence-corrected chi connectivity index (χ0v) is 11.8. The number of para-hydroxylation sites is 2. The van der Waals surface area contributed by atoms with Crippen LogP contribution in [0.3, 0.4) is 0 Å². The Kier molecular flexibility index (Phi) is 2.94. The molecule has 0 aliphatic carbocycles. The molecule has 1 N–H and O–H groups in total. The zero-order chi connectivity index (χ0) is 13.4. The SMILES string of the molecule is c1csc([C@H]2CN(c3nc4ccccc4[nH]3)CCO2)c1. The normalized spacial score (nSPS) is 19.6. The topological polar surface area (TPSA) is 41.2 Å². The smallest absolute Gasteiger partial charge is 0.204 e. The number of hydrogen-bond donors (Lipinski definition) is 1. The predicted octanol–water partition coefficient (Wildman–Crippen LogP) is 3.20. The van der Waals surface area contributed by atoms with E-state index < -0.39 is 0 Å². The molecule has 0 amide bonds.